The van der Waals surface area contributed by atoms with E-state index >= 15 is 0 Å². The molecule has 1 aromatic carbocycles. The Kier molecular flexibility index (Phi) is 4.04. The zero-order valence-electron chi connectivity index (χ0n) is 10.5. The van der Waals surface area contributed by atoms with Crippen LogP contribution >= 0.6 is 11.6 Å². The van der Waals surface area contributed by atoms with Gasteiger partial charge in [0.2, 0.25) is 0 Å². The van der Waals surface area contributed by atoms with Crippen LogP contribution in [0.5, 0.6) is 0 Å². The van der Waals surface area contributed by atoms with E-state index in [2.05, 4.69) is 0 Å². The molecule has 21 heavy (non-hydrogen) atoms. The summed E-state index contributed by atoms with van der Waals surface area (Å²) in [7, 11) is 0. The van der Waals surface area contributed by atoms with Crippen LogP contribution in [-0.4, -0.2) is 10.5 Å². The fourth-order valence-electron chi connectivity index (χ4n) is 1.79. The molecule has 0 saturated carbocycles. The molecule has 3 N–H and O–H groups in total. The second-order valence-electron chi connectivity index (χ2n) is 4.27. The molecule has 110 valence electrons. The molecule has 0 bridgehead atoms. The van der Waals surface area contributed by atoms with Crippen LogP contribution in [0, 0.1) is 22.9 Å². The Morgan fingerprint density at radius 3 is 2.43 bits per heavy atom. The van der Waals surface area contributed by atoms with E-state index in [0.717, 1.165) is 4.57 Å². The number of carbonyl (C=O) groups is 1. The van der Waals surface area contributed by atoms with Gasteiger partial charge in [-0.15, -0.1) is 0 Å². The number of nitrogens with zero attached hydrogens (tertiary/aromatic N) is 1. The lowest BCUT2D eigenvalue weighted by molar-refractivity contribution is 0.0998. The first-order valence-corrected chi connectivity index (χ1v) is 6.05. The van der Waals surface area contributed by atoms with Crippen LogP contribution in [0.3, 0.4) is 0 Å². The zero-order valence-corrected chi connectivity index (χ0v) is 11.2. The van der Waals surface area contributed by atoms with Crippen molar-refractivity contribution in [3.8, 4) is 0 Å². The van der Waals surface area contributed by atoms with Gasteiger partial charge in [-0.2, -0.15) is 0 Å². The summed E-state index contributed by atoms with van der Waals surface area (Å²) < 4.78 is 40.7. The molecule has 0 atom stereocenters. The van der Waals surface area contributed by atoms with Crippen molar-refractivity contribution in [1.29, 1.82) is 5.41 Å². The van der Waals surface area contributed by atoms with Gasteiger partial charge < -0.3 is 10.3 Å². The van der Waals surface area contributed by atoms with Gasteiger partial charge in [0.05, 0.1) is 17.1 Å². The fourth-order valence-corrected chi connectivity index (χ4v) is 2.02. The Morgan fingerprint density at radius 1 is 1.19 bits per heavy atom. The first-order valence-electron chi connectivity index (χ1n) is 5.67. The van der Waals surface area contributed by atoms with E-state index in [1.54, 1.807) is 0 Å². The largest absolute Gasteiger partial charge is 0.365 e. The molecule has 2 aromatic rings. The molecule has 1 aromatic heterocycles. The minimum atomic E-state index is -1.31. The van der Waals surface area contributed by atoms with Crippen LogP contribution in [0.25, 0.3) is 0 Å². The van der Waals surface area contributed by atoms with Crippen molar-refractivity contribution in [1.82, 2.24) is 4.57 Å². The molecule has 4 nitrogen and oxygen atoms in total. The van der Waals surface area contributed by atoms with Crippen molar-refractivity contribution in [2.45, 2.75) is 6.54 Å². The Hall–Kier alpha value is -2.28. The highest BCUT2D eigenvalue weighted by molar-refractivity contribution is 6.30. The number of carbonyl (C=O) groups excluding carboxylic acids is 1. The van der Waals surface area contributed by atoms with Crippen LogP contribution in [-0.2, 0) is 6.54 Å². The Bertz CT molecular complexity index is 789. The number of hydrogen-bond acceptors (Lipinski definition) is 2. The summed E-state index contributed by atoms with van der Waals surface area (Å²) >= 11 is 5.79. The van der Waals surface area contributed by atoms with Crippen molar-refractivity contribution < 1.29 is 18.0 Å². The molecule has 1 heterocycles. The number of halogens is 4. The maximum absolute atomic E-state index is 13.6. The third-order valence-corrected chi connectivity index (χ3v) is 3.01. The molecule has 0 spiro atoms. The molecule has 0 aliphatic rings. The van der Waals surface area contributed by atoms with Gasteiger partial charge >= 0.3 is 0 Å². The van der Waals surface area contributed by atoms with Gasteiger partial charge in [-0.1, -0.05) is 11.6 Å². The lowest BCUT2D eigenvalue weighted by Gasteiger charge is -2.11. The number of pyridine rings is 1. The van der Waals surface area contributed by atoms with Crippen LogP contribution < -0.4 is 11.2 Å². The summed E-state index contributed by atoms with van der Waals surface area (Å²) in [4.78, 5) is 11.2. The topological polar surface area (TPSA) is 71.9 Å². The van der Waals surface area contributed by atoms with Gasteiger partial charge in [0.15, 0.2) is 11.6 Å². The number of nitrogens with one attached hydrogen (secondary N) is 1. The number of hydrogen-bond donors (Lipinski definition) is 2. The van der Waals surface area contributed by atoms with Gasteiger partial charge in [0, 0.05) is 17.8 Å². The lowest BCUT2D eigenvalue weighted by Crippen LogP contribution is -2.30. The molecule has 0 aliphatic carbocycles. The molecular formula is C13H9ClF3N3O. The van der Waals surface area contributed by atoms with Crippen molar-refractivity contribution >= 4 is 17.5 Å². The average Bonchev–Trinajstić information content (AvgIpc) is 2.39. The van der Waals surface area contributed by atoms with E-state index in [1.807, 2.05) is 0 Å². The van der Waals surface area contributed by atoms with E-state index in [9.17, 15) is 18.0 Å². The number of amides is 1. The number of aromatic nitrogens is 1. The van der Waals surface area contributed by atoms with E-state index in [4.69, 9.17) is 22.7 Å². The Labute approximate surface area is 122 Å². The Balaban J connectivity index is 2.52. The molecule has 8 heteroatoms. The predicted molar refractivity (Wildman–Crippen MR) is 69.2 cm³/mol. The first-order chi connectivity index (χ1) is 9.79. The highest BCUT2D eigenvalue weighted by Gasteiger charge is 2.13. The predicted octanol–water partition coefficient (Wildman–Crippen LogP) is 2.19. The number of nitrogens with two attached hydrogens (primary N) is 1. The number of rotatable bonds is 3. The molecule has 2 rings (SSSR count). The van der Waals surface area contributed by atoms with Gasteiger partial charge in [-0.05, 0) is 12.1 Å². The van der Waals surface area contributed by atoms with Gasteiger partial charge in [0.1, 0.15) is 11.3 Å². The minimum Gasteiger partial charge on any atom is -0.365 e. The normalized spacial score (nSPS) is 10.7. The molecule has 0 aliphatic heterocycles. The van der Waals surface area contributed by atoms with Gasteiger partial charge in [0.25, 0.3) is 5.91 Å². The quantitative estimate of drug-likeness (QED) is 0.837. The maximum Gasteiger partial charge on any atom is 0.252 e. The maximum atomic E-state index is 13.6. The van der Waals surface area contributed by atoms with E-state index in [1.165, 1.54) is 12.3 Å². The highest BCUT2D eigenvalue weighted by Crippen LogP contribution is 2.15. The van der Waals surface area contributed by atoms with E-state index in [0.29, 0.717) is 12.1 Å². The van der Waals surface area contributed by atoms with Crippen LogP contribution in [0.2, 0.25) is 5.02 Å². The standard InChI is InChI=1S/C13H9ClF3N3O/c14-7-2-8(13(19)21)12(18)20(5-7)4-6-1-10(16)11(17)3-9(6)15/h1-3,5,18H,4H2,(H2,19,21). The van der Waals surface area contributed by atoms with Crippen LogP contribution in [0.4, 0.5) is 13.2 Å². The second kappa shape index (κ2) is 5.61. The van der Waals surface area contributed by atoms with E-state index in [-0.39, 0.29) is 28.2 Å². The van der Waals surface area contributed by atoms with Crippen molar-refractivity contribution in [2.24, 2.45) is 5.73 Å². The highest BCUT2D eigenvalue weighted by atomic mass is 35.5. The molecule has 0 saturated heterocycles. The first kappa shape index (κ1) is 15.1. The lowest BCUT2D eigenvalue weighted by atomic mass is 10.2. The minimum absolute atomic E-state index is 0.0998. The summed E-state index contributed by atoms with van der Waals surface area (Å²) in [6, 6.07) is 2.29. The summed E-state index contributed by atoms with van der Waals surface area (Å²) in [6.07, 6.45) is 1.26. The molecule has 0 fully saturated rings. The van der Waals surface area contributed by atoms with Crippen molar-refractivity contribution in [2.75, 3.05) is 0 Å². The van der Waals surface area contributed by atoms with Crippen LogP contribution in [0.1, 0.15) is 15.9 Å². The average molecular weight is 316 g/mol. The van der Waals surface area contributed by atoms with Crippen LogP contribution in [0.15, 0.2) is 24.4 Å². The SMILES string of the molecule is N=c1c(C(N)=O)cc(Cl)cn1Cc1cc(F)c(F)cc1F. The smallest absolute Gasteiger partial charge is 0.252 e. The zero-order chi connectivity index (χ0) is 15.7. The number of benzene rings is 1. The fraction of sp³-hybridized carbons (Fsp3) is 0.0769. The third-order valence-electron chi connectivity index (χ3n) is 2.80. The second-order valence-corrected chi connectivity index (χ2v) is 4.71. The molecule has 1 amide bonds. The van der Waals surface area contributed by atoms with E-state index < -0.39 is 23.4 Å². The van der Waals surface area contributed by atoms with Crippen molar-refractivity contribution in [3.63, 3.8) is 0 Å². The summed E-state index contributed by atoms with van der Waals surface area (Å²) in [6.45, 7) is -0.303. The molecular weight excluding hydrogens is 307 g/mol. The summed E-state index contributed by atoms with van der Waals surface area (Å²) in [5, 5.41) is 7.90. The van der Waals surface area contributed by atoms with Crippen molar-refractivity contribution in [3.05, 3.63) is 63.5 Å². The summed E-state index contributed by atoms with van der Waals surface area (Å²) in [5.74, 6) is -4.37. The van der Waals surface area contributed by atoms with Gasteiger partial charge in [-0.3, -0.25) is 10.2 Å². The molecule has 0 unspecified atom stereocenters. The molecule has 0 radical (unpaired) electrons. The van der Waals surface area contributed by atoms with Gasteiger partial charge in [-0.25, -0.2) is 13.2 Å². The summed E-state index contributed by atoms with van der Waals surface area (Å²) in [5.41, 5.74) is 4.44. The number of primary amides is 1. The monoisotopic (exact) mass is 315 g/mol. The third kappa shape index (κ3) is 3.08. The Morgan fingerprint density at radius 2 is 1.81 bits per heavy atom.